The van der Waals surface area contributed by atoms with Gasteiger partial charge in [0.25, 0.3) is 0 Å². The predicted octanol–water partition coefficient (Wildman–Crippen LogP) is 2.25. The zero-order valence-corrected chi connectivity index (χ0v) is 12.2. The van der Waals surface area contributed by atoms with Crippen LogP contribution in [-0.4, -0.2) is 51.7 Å². The Hall–Kier alpha value is -1.31. The van der Waals surface area contributed by atoms with E-state index in [4.69, 9.17) is 4.74 Å². The largest absolute Gasteiger partial charge is 0.573 e. The average molecular weight is 306 g/mol. The second-order valence-electron chi connectivity index (χ2n) is 4.78. The first-order chi connectivity index (χ1) is 9.87. The Morgan fingerprint density at radius 3 is 2.33 bits per heavy atom. The van der Waals surface area contributed by atoms with Crippen LogP contribution in [0.3, 0.4) is 0 Å². The van der Waals surface area contributed by atoms with Gasteiger partial charge in [-0.3, -0.25) is 0 Å². The highest BCUT2D eigenvalue weighted by Gasteiger charge is 2.30. The topological polar surface area (TPSA) is 33.7 Å². The van der Waals surface area contributed by atoms with Gasteiger partial charge in [0.05, 0.1) is 13.2 Å². The molecule has 0 saturated heterocycles. The van der Waals surface area contributed by atoms with Crippen molar-refractivity contribution in [1.29, 1.82) is 0 Å². The van der Waals surface area contributed by atoms with Crippen molar-refractivity contribution in [3.05, 3.63) is 29.8 Å². The van der Waals surface area contributed by atoms with Gasteiger partial charge in [-0.2, -0.15) is 0 Å². The molecule has 1 aromatic rings. The fourth-order valence-corrected chi connectivity index (χ4v) is 1.54. The standard InChI is InChI=1S/C14H21F3N2O2/c1-19(2)8-10-20-9-7-18-11-12-3-5-13(6-4-12)21-14(15,16)17/h3-6,18H,7-11H2,1-2H3. The van der Waals surface area contributed by atoms with Crippen LogP contribution in [0.25, 0.3) is 0 Å². The molecule has 120 valence electrons. The molecule has 4 nitrogen and oxygen atoms in total. The SMILES string of the molecule is CN(C)CCOCCNCc1ccc(OC(F)(F)F)cc1. The Kier molecular flexibility index (Phi) is 7.49. The van der Waals surface area contributed by atoms with E-state index in [0.717, 1.165) is 12.1 Å². The van der Waals surface area contributed by atoms with Gasteiger partial charge in [0.15, 0.2) is 0 Å². The van der Waals surface area contributed by atoms with Crippen molar-refractivity contribution in [2.24, 2.45) is 0 Å². The third-order valence-electron chi connectivity index (χ3n) is 2.59. The summed E-state index contributed by atoms with van der Waals surface area (Å²) < 4.78 is 45.2. The molecule has 0 fully saturated rings. The molecule has 0 saturated carbocycles. The number of rotatable bonds is 9. The Balaban J connectivity index is 2.15. The monoisotopic (exact) mass is 306 g/mol. The van der Waals surface area contributed by atoms with E-state index in [1.54, 1.807) is 12.1 Å². The van der Waals surface area contributed by atoms with E-state index in [1.807, 2.05) is 19.0 Å². The molecule has 21 heavy (non-hydrogen) atoms. The highest BCUT2D eigenvalue weighted by Crippen LogP contribution is 2.22. The lowest BCUT2D eigenvalue weighted by Gasteiger charge is -2.11. The number of likely N-dealkylation sites (N-methyl/N-ethyl adjacent to an activating group) is 1. The van der Waals surface area contributed by atoms with Crippen molar-refractivity contribution >= 4 is 0 Å². The van der Waals surface area contributed by atoms with Gasteiger partial charge in [-0.05, 0) is 31.8 Å². The van der Waals surface area contributed by atoms with E-state index in [2.05, 4.69) is 10.1 Å². The predicted molar refractivity (Wildman–Crippen MR) is 74.2 cm³/mol. The van der Waals surface area contributed by atoms with Crippen LogP contribution in [0.1, 0.15) is 5.56 Å². The summed E-state index contributed by atoms with van der Waals surface area (Å²) >= 11 is 0. The zero-order chi connectivity index (χ0) is 15.7. The maximum absolute atomic E-state index is 12.0. The minimum Gasteiger partial charge on any atom is -0.406 e. The molecule has 0 heterocycles. The Labute approximate surface area is 122 Å². The molecule has 1 N–H and O–H groups in total. The molecule has 0 radical (unpaired) electrons. The summed E-state index contributed by atoms with van der Waals surface area (Å²) in [5, 5.41) is 3.16. The zero-order valence-electron chi connectivity index (χ0n) is 12.2. The molecule has 0 aromatic heterocycles. The van der Waals surface area contributed by atoms with Gasteiger partial charge in [-0.25, -0.2) is 0 Å². The van der Waals surface area contributed by atoms with Gasteiger partial charge in [0.2, 0.25) is 0 Å². The molecule has 1 aromatic carbocycles. The highest BCUT2D eigenvalue weighted by molar-refractivity contribution is 5.27. The summed E-state index contributed by atoms with van der Waals surface area (Å²) in [6.45, 7) is 3.42. The number of hydrogen-bond acceptors (Lipinski definition) is 4. The van der Waals surface area contributed by atoms with Crippen molar-refractivity contribution < 1.29 is 22.6 Å². The molecule has 7 heteroatoms. The number of ether oxygens (including phenoxy) is 2. The third kappa shape index (κ3) is 9.28. The third-order valence-corrected chi connectivity index (χ3v) is 2.59. The van der Waals surface area contributed by atoms with Crippen LogP contribution in [0.2, 0.25) is 0 Å². The van der Waals surface area contributed by atoms with E-state index >= 15 is 0 Å². The molecule has 1 rings (SSSR count). The molecule has 0 bridgehead atoms. The van der Waals surface area contributed by atoms with Crippen molar-refractivity contribution in [3.63, 3.8) is 0 Å². The van der Waals surface area contributed by atoms with Crippen LogP contribution < -0.4 is 10.1 Å². The molecule has 0 aliphatic carbocycles. The van der Waals surface area contributed by atoms with Crippen molar-refractivity contribution in [1.82, 2.24) is 10.2 Å². The number of nitrogens with one attached hydrogen (secondary N) is 1. The lowest BCUT2D eigenvalue weighted by atomic mass is 10.2. The van der Waals surface area contributed by atoms with E-state index in [0.29, 0.717) is 26.3 Å². The smallest absolute Gasteiger partial charge is 0.406 e. The second kappa shape index (κ2) is 8.86. The molecule has 0 spiro atoms. The maximum atomic E-state index is 12.0. The van der Waals surface area contributed by atoms with E-state index < -0.39 is 6.36 Å². The van der Waals surface area contributed by atoms with E-state index in [-0.39, 0.29) is 5.75 Å². The van der Waals surface area contributed by atoms with Crippen LogP contribution >= 0.6 is 0 Å². The summed E-state index contributed by atoms with van der Waals surface area (Å²) in [4.78, 5) is 2.04. The molecule has 0 unspecified atom stereocenters. The summed E-state index contributed by atoms with van der Waals surface area (Å²) in [6.07, 6.45) is -4.65. The Morgan fingerprint density at radius 1 is 1.10 bits per heavy atom. The number of benzene rings is 1. The van der Waals surface area contributed by atoms with Gasteiger partial charge in [-0.15, -0.1) is 13.2 Å². The molecule has 0 aliphatic rings. The fraction of sp³-hybridized carbons (Fsp3) is 0.571. The van der Waals surface area contributed by atoms with Gasteiger partial charge in [0, 0.05) is 19.6 Å². The van der Waals surface area contributed by atoms with Crippen LogP contribution in [0.5, 0.6) is 5.75 Å². The fourth-order valence-electron chi connectivity index (χ4n) is 1.54. The Morgan fingerprint density at radius 2 is 1.76 bits per heavy atom. The lowest BCUT2D eigenvalue weighted by Crippen LogP contribution is -2.23. The first kappa shape index (κ1) is 17.7. The minimum atomic E-state index is -4.65. The normalized spacial score (nSPS) is 11.9. The first-order valence-corrected chi connectivity index (χ1v) is 6.65. The van der Waals surface area contributed by atoms with Gasteiger partial charge in [0.1, 0.15) is 5.75 Å². The maximum Gasteiger partial charge on any atom is 0.573 e. The number of alkyl halides is 3. The van der Waals surface area contributed by atoms with Crippen molar-refractivity contribution in [2.75, 3.05) is 40.4 Å². The van der Waals surface area contributed by atoms with Gasteiger partial charge < -0.3 is 19.7 Å². The summed E-state index contributed by atoms with van der Waals surface area (Å²) in [5.74, 6) is -0.210. The van der Waals surface area contributed by atoms with Crippen LogP contribution in [0.4, 0.5) is 13.2 Å². The molecular weight excluding hydrogens is 285 g/mol. The van der Waals surface area contributed by atoms with Crippen LogP contribution in [0.15, 0.2) is 24.3 Å². The summed E-state index contributed by atoms with van der Waals surface area (Å²) in [6, 6.07) is 5.80. The number of nitrogens with zero attached hydrogens (tertiary/aromatic N) is 1. The van der Waals surface area contributed by atoms with Crippen LogP contribution in [-0.2, 0) is 11.3 Å². The van der Waals surface area contributed by atoms with Gasteiger partial charge >= 0.3 is 6.36 Å². The minimum absolute atomic E-state index is 0.210. The summed E-state index contributed by atoms with van der Waals surface area (Å²) in [5.41, 5.74) is 0.887. The molecule has 0 atom stereocenters. The van der Waals surface area contributed by atoms with Crippen molar-refractivity contribution in [3.8, 4) is 5.75 Å². The molecule has 0 aliphatic heterocycles. The Bertz CT molecular complexity index is 394. The molecule has 0 amide bonds. The highest BCUT2D eigenvalue weighted by atomic mass is 19.4. The summed E-state index contributed by atoms with van der Waals surface area (Å²) in [7, 11) is 3.96. The average Bonchev–Trinajstić information content (AvgIpc) is 2.37. The number of hydrogen-bond donors (Lipinski definition) is 1. The molecular formula is C14H21F3N2O2. The number of halogens is 3. The van der Waals surface area contributed by atoms with Gasteiger partial charge in [-0.1, -0.05) is 12.1 Å². The lowest BCUT2D eigenvalue weighted by molar-refractivity contribution is -0.274. The first-order valence-electron chi connectivity index (χ1n) is 6.65. The quantitative estimate of drug-likeness (QED) is 0.710. The van der Waals surface area contributed by atoms with Crippen LogP contribution in [0, 0.1) is 0 Å². The van der Waals surface area contributed by atoms with E-state index in [9.17, 15) is 13.2 Å². The second-order valence-corrected chi connectivity index (χ2v) is 4.78. The van der Waals surface area contributed by atoms with E-state index in [1.165, 1.54) is 12.1 Å². The van der Waals surface area contributed by atoms with Crippen molar-refractivity contribution in [2.45, 2.75) is 12.9 Å².